The SMILES string of the molecule is CCc1nnc(CNC(=O)[C@@H]2C[C@H]2c2csc(Br)c2)o1. The smallest absolute Gasteiger partial charge is 0.235 e. The van der Waals surface area contributed by atoms with Crippen LogP contribution in [-0.4, -0.2) is 16.1 Å². The predicted octanol–water partition coefficient (Wildman–Crippen LogP) is 2.88. The summed E-state index contributed by atoms with van der Waals surface area (Å²) in [6.07, 6.45) is 1.62. The van der Waals surface area contributed by atoms with Crippen molar-refractivity contribution in [3.63, 3.8) is 0 Å². The number of aryl methyl sites for hydroxylation is 1. The molecule has 2 aromatic heterocycles. The summed E-state index contributed by atoms with van der Waals surface area (Å²) in [5.41, 5.74) is 1.24. The van der Waals surface area contributed by atoms with Gasteiger partial charge in [0.2, 0.25) is 17.7 Å². The minimum atomic E-state index is 0.0635. The lowest BCUT2D eigenvalue weighted by Crippen LogP contribution is -2.25. The summed E-state index contributed by atoms with van der Waals surface area (Å²) in [4.78, 5) is 12.0. The van der Waals surface area contributed by atoms with E-state index in [1.54, 1.807) is 11.3 Å². The first kappa shape index (κ1) is 13.8. The molecule has 0 aromatic carbocycles. The lowest BCUT2D eigenvalue weighted by Gasteiger charge is -2.01. The van der Waals surface area contributed by atoms with Gasteiger partial charge in [0, 0.05) is 12.3 Å². The van der Waals surface area contributed by atoms with Crippen molar-refractivity contribution in [1.82, 2.24) is 15.5 Å². The third-order valence-electron chi connectivity index (χ3n) is 3.37. The van der Waals surface area contributed by atoms with Crippen LogP contribution in [0.5, 0.6) is 0 Å². The van der Waals surface area contributed by atoms with E-state index in [-0.39, 0.29) is 11.8 Å². The molecule has 5 nitrogen and oxygen atoms in total. The zero-order valence-electron chi connectivity index (χ0n) is 10.9. The Labute approximate surface area is 128 Å². The molecular formula is C13H14BrN3O2S. The van der Waals surface area contributed by atoms with E-state index >= 15 is 0 Å². The van der Waals surface area contributed by atoms with E-state index in [0.29, 0.717) is 30.7 Å². The van der Waals surface area contributed by atoms with Crippen molar-refractivity contribution >= 4 is 33.2 Å². The van der Waals surface area contributed by atoms with Gasteiger partial charge in [0.15, 0.2) is 0 Å². The van der Waals surface area contributed by atoms with Crippen LogP contribution in [0.1, 0.15) is 36.6 Å². The average Bonchev–Trinajstić information content (AvgIpc) is 2.91. The quantitative estimate of drug-likeness (QED) is 0.895. The van der Waals surface area contributed by atoms with Crippen molar-refractivity contribution in [2.75, 3.05) is 0 Å². The van der Waals surface area contributed by atoms with Crippen molar-refractivity contribution in [2.45, 2.75) is 32.2 Å². The van der Waals surface area contributed by atoms with Crippen molar-refractivity contribution < 1.29 is 9.21 Å². The van der Waals surface area contributed by atoms with E-state index in [9.17, 15) is 4.79 Å². The van der Waals surface area contributed by atoms with Crippen LogP contribution in [0.4, 0.5) is 0 Å². The molecule has 3 rings (SSSR count). The summed E-state index contributed by atoms with van der Waals surface area (Å²) in [5.74, 6) is 1.55. The first-order chi connectivity index (χ1) is 9.67. The summed E-state index contributed by atoms with van der Waals surface area (Å²) in [6, 6.07) is 2.09. The molecule has 0 bridgehead atoms. The number of thiophene rings is 1. The molecule has 2 heterocycles. The molecule has 1 amide bonds. The molecule has 0 saturated heterocycles. The van der Waals surface area contributed by atoms with Crippen LogP contribution in [0.3, 0.4) is 0 Å². The van der Waals surface area contributed by atoms with Crippen molar-refractivity contribution in [1.29, 1.82) is 0 Å². The molecule has 0 spiro atoms. The molecule has 0 radical (unpaired) electrons. The van der Waals surface area contributed by atoms with Gasteiger partial charge >= 0.3 is 0 Å². The topological polar surface area (TPSA) is 68.0 Å². The number of aromatic nitrogens is 2. The maximum absolute atomic E-state index is 12.0. The second-order valence-electron chi connectivity index (χ2n) is 4.79. The molecular weight excluding hydrogens is 342 g/mol. The van der Waals surface area contributed by atoms with Gasteiger partial charge in [0.25, 0.3) is 0 Å². The van der Waals surface area contributed by atoms with Gasteiger partial charge in [-0.25, -0.2) is 0 Å². The normalized spacial score (nSPS) is 20.9. The van der Waals surface area contributed by atoms with Crippen LogP contribution in [0.25, 0.3) is 0 Å². The van der Waals surface area contributed by atoms with E-state index in [0.717, 1.165) is 10.2 Å². The Bertz CT molecular complexity index is 625. The standard InChI is InChI=1S/C13H14BrN3O2S/c1-2-11-16-17-12(19-11)5-15-13(18)9-4-8(9)7-3-10(14)20-6-7/h3,6,8-9H,2,4-5H2,1H3,(H,15,18)/t8-,9+/m0/s1. The molecule has 0 unspecified atom stereocenters. The van der Waals surface area contributed by atoms with Crippen molar-refractivity contribution in [2.24, 2.45) is 5.92 Å². The number of rotatable bonds is 5. The number of carbonyl (C=O) groups is 1. The summed E-state index contributed by atoms with van der Waals surface area (Å²) in [7, 11) is 0. The number of hydrogen-bond donors (Lipinski definition) is 1. The van der Waals surface area contributed by atoms with E-state index in [2.05, 4.69) is 42.9 Å². The highest BCUT2D eigenvalue weighted by atomic mass is 79.9. The van der Waals surface area contributed by atoms with Crippen molar-refractivity contribution in [3.8, 4) is 0 Å². The maximum atomic E-state index is 12.0. The molecule has 1 aliphatic carbocycles. The molecule has 1 N–H and O–H groups in total. The van der Waals surface area contributed by atoms with E-state index < -0.39 is 0 Å². The Kier molecular flexibility index (Phi) is 3.89. The minimum Gasteiger partial charge on any atom is -0.423 e. The average molecular weight is 356 g/mol. The highest BCUT2D eigenvalue weighted by molar-refractivity contribution is 9.11. The van der Waals surface area contributed by atoms with Crippen LogP contribution in [-0.2, 0) is 17.8 Å². The number of amides is 1. The minimum absolute atomic E-state index is 0.0635. The highest BCUT2D eigenvalue weighted by Crippen LogP contribution is 2.49. The van der Waals surface area contributed by atoms with E-state index in [1.807, 2.05) is 6.92 Å². The van der Waals surface area contributed by atoms with Gasteiger partial charge in [0.1, 0.15) is 0 Å². The van der Waals surface area contributed by atoms with Crippen molar-refractivity contribution in [3.05, 3.63) is 32.6 Å². The summed E-state index contributed by atoms with van der Waals surface area (Å²) >= 11 is 5.10. The maximum Gasteiger partial charge on any atom is 0.235 e. The number of nitrogens with zero attached hydrogens (tertiary/aromatic N) is 2. The fourth-order valence-corrected chi connectivity index (χ4v) is 3.41. The Morgan fingerprint density at radius 1 is 1.55 bits per heavy atom. The second kappa shape index (κ2) is 5.65. The first-order valence-corrected chi connectivity index (χ1v) is 8.17. The Hall–Kier alpha value is -1.21. The lowest BCUT2D eigenvalue weighted by molar-refractivity contribution is -0.122. The molecule has 0 aliphatic heterocycles. The van der Waals surface area contributed by atoms with Crippen LogP contribution >= 0.6 is 27.3 Å². The largest absolute Gasteiger partial charge is 0.423 e. The Balaban J connectivity index is 1.51. The summed E-state index contributed by atoms with van der Waals surface area (Å²) < 4.78 is 6.46. The van der Waals surface area contributed by atoms with Gasteiger partial charge in [-0.15, -0.1) is 21.5 Å². The first-order valence-electron chi connectivity index (χ1n) is 6.50. The fourth-order valence-electron chi connectivity index (χ4n) is 2.17. The molecule has 1 aliphatic rings. The molecule has 7 heteroatoms. The summed E-state index contributed by atoms with van der Waals surface area (Å²) in [6.45, 7) is 2.26. The number of carbonyl (C=O) groups excluding carboxylic acids is 1. The predicted molar refractivity (Wildman–Crippen MR) is 78.4 cm³/mol. The molecule has 1 fully saturated rings. The zero-order valence-corrected chi connectivity index (χ0v) is 13.3. The van der Waals surface area contributed by atoms with Gasteiger partial charge in [0.05, 0.1) is 10.3 Å². The van der Waals surface area contributed by atoms with Gasteiger partial charge in [-0.2, -0.15) is 0 Å². The Morgan fingerprint density at radius 3 is 3.00 bits per heavy atom. The summed E-state index contributed by atoms with van der Waals surface area (Å²) in [5, 5.41) is 12.7. The third-order valence-corrected chi connectivity index (χ3v) is 4.89. The molecule has 2 aromatic rings. The van der Waals surface area contributed by atoms with Crippen LogP contribution < -0.4 is 5.32 Å². The molecule has 20 heavy (non-hydrogen) atoms. The molecule has 106 valence electrons. The lowest BCUT2D eigenvalue weighted by atomic mass is 10.2. The van der Waals surface area contributed by atoms with Gasteiger partial charge in [-0.1, -0.05) is 6.92 Å². The number of halogens is 1. The Morgan fingerprint density at radius 2 is 2.35 bits per heavy atom. The van der Waals surface area contributed by atoms with Crippen LogP contribution in [0.15, 0.2) is 19.6 Å². The number of hydrogen-bond acceptors (Lipinski definition) is 5. The third kappa shape index (κ3) is 2.93. The van der Waals surface area contributed by atoms with E-state index in [4.69, 9.17) is 4.42 Å². The molecule has 1 saturated carbocycles. The van der Waals surface area contributed by atoms with Gasteiger partial charge in [-0.05, 0) is 45.3 Å². The highest BCUT2D eigenvalue weighted by Gasteiger charge is 2.44. The fraction of sp³-hybridized carbons (Fsp3) is 0.462. The van der Waals surface area contributed by atoms with Gasteiger partial charge < -0.3 is 9.73 Å². The second-order valence-corrected chi connectivity index (χ2v) is 7.08. The molecule has 2 atom stereocenters. The number of nitrogens with one attached hydrogen (secondary N) is 1. The van der Waals surface area contributed by atoms with Crippen LogP contribution in [0.2, 0.25) is 0 Å². The van der Waals surface area contributed by atoms with Gasteiger partial charge in [-0.3, -0.25) is 4.79 Å². The van der Waals surface area contributed by atoms with E-state index in [1.165, 1.54) is 5.56 Å². The monoisotopic (exact) mass is 355 g/mol. The zero-order chi connectivity index (χ0) is 14.1. The van der Waals surface area contributed by atoms with Crippen LogP contribution in [0, 0.1) is 5.92 Å².